The maximum Gasteiger partial charge on any atom is 0.282 e. The number of hydrogen-bond acceptors (Lipinski definition) is 6. The van der Waals surface area contributed by atoms with Crippen LogP contribution in [-0.2, 0) is 11.8 Å². The minimum Gasteiger partial charge on any atom is -0.377 e. The predicted octanol–water partition coefficient (Wildman–Crippen LogP) is 5.08. The molecule has 2 aromatic heterocycles. The summed E-state index contributed by atoms with van der Waals surface area (Å²) in [4.78, 5) is 35.4. The standard InChI is InChI=1S/C29H23F3N6O2/c1-15(36-24-6-4-18(30)8-16(24)12-33)20-9-19(31)10-22-21(20)11-26(38(3)28(22)39)17-13-34-27(35-14-17)25-7-5-23(32)29(40)37(25)2/h4-6,8-11,13-15,25,36H,7H2,1-3H3/t15-,25?/m1/s1. The highest BCUT2D eigenvalue weighted by Crippen LogP contribution is 2.32. The zero-order valence-electron chi connectivity index (χ0n) is 21.7. The van der Waals surface area contributed by atoms with Crippen molar-refractivity contribution in [3.8, 4) is 17.3 Å². The van der Waals surface area contributed by atoms with Crippen molar-refractivity contribution in [3.05, 3.63) is 99.6 Å². The summed E-state index contributed by atoms with van der Waals surface area (Å²) in [6.45, 7) is 1.74. The van der Waals surface area contributed by atoms with E-state index in [1.807, 2.05) is 6.07 Å². The average Bonchev–Trinajstić information content (AvgIpc) is 2.94. The Morgan fingerprint density at radius 2 is 1.75 bits per heavy atom. The van der Waals surface area contributed by atoms with Crippen LogP contribution in [0.1, 0.15) is 42.4 Å². The summed E-state index contributed by atoms with van der Waals surface area (Å²) in [5.74, 6) is -2.41. The Morgan fingerprint density at radius 1 is 1.02 bits per heavy atom. The van der Waals surface area contributed by atoms with E-state index in [9.17, 15) is 28.0 Å². The summed E-state index contributed by atoms with van der Waals surface area (Å²) >= 11 is 0. The summed E-state index contributed by atoms with van der Waals surface area (Å²) in [5, 5.41) is 13.2. The fourth-order valence-corrected chi connectivity index (χ4v) is 4.87. The predicted molar refractivity (Wildman–Crippen MR) is 143 cm³/mol. The third kappa shape index (κ3) is 4.68. The fraction of sp³-hybridized carbons (Fsp3) is 0.207. The van der Waals surface area contributed by atoms with Gasteiger partial charge in [-0.15, -0.1) is 0 Å². The Hall–Kier alpha value is -4.98. The van der Waals surface area contributed by atoms with Gasteiger partial charge in [0.15, 0.2) is 11.7 Å². The molecule has 0 saturated heterocycles. The van der Waals surface area contributed by atoms with E-state index in [4.69, 9.17) is 0 Å². The Labute approximate surface area is 227 Å². The molecule has 0 saturated carbocycles. The minimum atomic E-state index is -0.819. The number of carbonyl (C=O) groups is 1. The second-order valence-electron chi connectivity index (χ2n) is 9.57. The third-order valence-electron chi connectivity index (χ3n) is 7.07. The molecule has 11 heteroatoms. The van der Waals surface area contributed by atoms with Gasteiger partial charge in [-0.3, -0.25) is 9.59 Å². The number of fused-ring (bicyclic) bond motifs is 1. The molecule has 0 radical (unpaired) electrons. The first kappa shape index (κ1) is 26.6. The molecule has 4 aromatic rings. The van der Waals surface area contributed by atoms with Gasteiger partial charge in [-0.1, -0.05) is 0 Å². The van der Waals surface area contributed by atoms with Gasteiger partial charge in [0.05, 0.1) is 28.4 Å². The van der Waals surface area contributed by atoms with E-state index in [0.29, 0.717) is 33.7 Å². The van der Waals surface area contributed by atoms with Crippen LogP contribution in [0.4, 0.5) is 18.9 Å². The molecule has 3 heterocycles. The molecular formula is C29H23F3N6O2. The first-order chi connectivity index (χ1) is 19.1. The van der Waals surface area contributed by atoms with Crippen molar-refractivity contribution in [2.24, 2.45) is 7.05 Å². The van der Waals surface area contributed by atoms with Crippen LogP contribution in [0.25, 0.3) is 22.0 Å². The van der Waals surface area contributed by atoms with Crippen molar-refractivity contribution in [1.82, 2.24) is 19.4 Å². The van der Waals surface area contributed by atoms with Crippen molar-refractivity contribution < 1.29 is 18.0 Å². The number of benzene rings is 2. The van der Waals surface area contributed by atoms with E-state index < -0.39 is 41.0 Å². The van der Waals surface area contributed by atoms with Crippen molar-refractivity contribution in [2.45, 2.75) is 25.4 Å². The van der Waals surface area contributed by atoms with E-state index in [2.05, 4.69) is 15.3 Å². The monoisotopic (exact) mass is 544 g/mol. The van der Waals surface area contributed by atoms with Crippen LogP contribution in [0.5, 0.6) is 0 Å². The smallest absolute Gasteiger partial charge is 0.282 e. The van der Waals surface area contributed by atoms with Crippen LogP contribution >= 0.6 is 0 Å². The lowest BCUT2D eigenvalue weighted by Crippen LogP contribution is -2.35. The van der Waals surface area contributed by atoms with Crippen LogP contribution in [0, 0.1) is 23.0 Å². The topological polar surface area (TPSA) is 104 Å². The molecule has 1 unspecified atom stereocenters. The van der Waals surface area contributed by atoms with Crippen LogP contribution < -0.4 is 10.9 Å². The minimum absolute atomic E-state index is 0.0879. The van der Waals surface area contributed by atoms with Crippen LogP contribution in [-0.4, -0.2) is 32.4 Å². The second kappa shape index (κ2) is 10.3. The van der Waals surface area contributed by atoms with Crippen LogP contribution in [0.15, 0.2) is 65.5 Å². The van der Waals surface area contributed by atoms with Gasteiger partial charge in [-0.2, -0.15) is 5.26 Å². The number of likely N-dealkylation sites (N-methyl/N-ethyl adjacent to an activating group) is 1. The highest BCUT2D eigenvalue weighted by Gasteiger charge is 2.30. The van der Waals surface area contributed by atoms with E-state index in [1.165, 1.54) is 59.2 Å². The number of aromatic nitrogens is 3. The summed E-state index contributed by atoms with van der Waals surface area (Å²) in [5.41, 5.74) is 1.42. The quantitative estimate of drug-likeness (QED) is 0.376. The van der Waals surface area contributed by atoms with Gasteiger partial charge < -0.3 is 14.8 Å². The second-order valence-corrected chi connectivity index (χ2v) is 9.57. The molecule has 1 N–H and O–H groups in total. The van der Waals surface area contributed by atoms with Crippen LogP contribution in [0.3, 0.4) is 0 Å². The van der Waals surface area contributed by atoms with Gasteiger partial charge in [0.1, 0.15) is 17.7 Å². The van der Waals surface area contributed by atoms with Crippen LogP contribution in [0.2, 0.25) is 0 Å². The zero-order chi connectivity index (χ0) is 28.7. The van der Waals surface area contributed by atoms with Crippen molar-refractivity contribution in [1.29, 1.82) is 5.26 Å². The van der Waals surface area contributed by atoms with Crippen molar-refractivity contribution >= 4 is 22.4 Å². The molecule has 1 aliphatic heterocycles. The SMILES string of the molecule is C[C@@H](Nc1ccc(F)cc1C#N)c1cc(F)cc2c(=O)n(C)c(-c3cnc(C4CC=C(F)C(=O)N4C)nc3)cc12. The van der Waals surface area contributed by atoms with E-state index in [0.717, 1.165) is 6.07 Å². The van der Waals surface area contributed by atoms with Gasteiger partial charge in [0, 0.05) is 38.1 Å². The normalized spacial score (nSPS) is 16.0. The zero-order valence-corrected chi connectivity index (χ0v) is 21.7. The Bertz CT molecular complexity index is 1790. The van der Waals surface area contributed by atoms with E-state index in [1.54, 1.807) is 20.0 Å². The van der Waals surface area contributed by atoms with E-state index in [-0.39, 0.29) is 17.4 Å². The first-order valence-electron chi connectivity index (χ1n) is 12.3. The number of amides is 1. The number of nitrogens with one attached hydrogen (secondary N) is 1. The maximum atomic E-state index is 14.7. The molecule has 8 nitrogen and oxygen atoms in total. The van der Waals surface area contributed by atoms with Gasteiger partial charge >= 0.3 is 0 Å². The lowest BCUT2D eigenvalue weighted by Gasteiger charge is -2.28. The van der Waals surface area contributed by atoms with Crippen molar-refractivity contribution in [3.63, 3.8) is 0 Å². The molecule has 0 spiro atoms. The third-order valence-corrected chi connectivity index (χ3v) is 7.07. The van der Waals surface area contributed by atoms with Gasteiger partial charge in [0.2, 0.25) is 0 Å². The van der Waals surface area contributed by atoms with Gasteiger partial charge in [-0.25, -0.2) is 23.1 Å². The summed E-state index contributed by atoms with van der Waals surface area (Å²) < 4.78 is 43.3. The first-order valence-corrected chi connectivity index (χ1v) is 12.3. The average molecular weight is 545 g/mol. The summed E-state index contributed by atoms with van der Waals surface area (Å²) in [6, 6.07) is 8.78. The lowest BCUT2D eigenvalue weighted by molar-refractivity contribution is -0.130. The number of nitrogens with zero attached hydrogens (tertiary/aromatic N) is 5. The Morgan fingerprint density at radius 3 is 2.45 bits per heavy atom. The summed E-state index contributed by atoms with van der Waals surface area (Å²) in [6.07, 6.45) is 4.46. The number of halogens is 3. The largest absolute Gasteiger partial charge is 0.377 e. The molecule has 2 atom stereocenters. The van der Waals surface area contributed by atoms with Gasteiger partial charge in [-0.05, 0) is 66.8 Å². The fourth-order valence-electron chi connectivity index (χ4n) is 4.87. The summed E-state index contributed by atoms with van der Waals surface area (Å²) in [7, 11) is 3.03. The van der Waals surface area contributed by atoms with E-state index >= 15 is 0 Å². The molecule has 0 fully saturated rings. The molecule has 1 aliphatic rings. The molecule has 5 rings (SSSR count). The lowest BCUT2D eigenvalue weighted by atomic mass is 9.98. The molecule has 2 aromatic carbocycles. The number of pyridine rings is 1. The van der Waals surface area contributed by atoms with Crippen molar-refractivity contribution in [2.75, 3.05) is 12.4 Å². The molecule has 0 bridgehead atoms. The highest BCUT2D eigenvalue weighted by molar-refractivity contribution is 5.92. The number of nitriles is 1. The number of rotatable bonds is 5. The number of anilines is 1. The Balaban J connectivity index is 1.56. The maximum absolute atomic E-state index is 14.7. The molecule has 202 valence electrons. The molecule has 1 amide bonds. The molecular weight excluding hydrogens is 521 g/mol. The molecule has 0 aliphatic carbocycles. The number of hydrogen-bond donors (Lipinski definition) is 1. The number of carbonyl (C=O) groups excluding carboxylic acids is 1. The molecule has 40 heavy (non-hydrogen) atoms. The van der Waals surface area contributed by atoms with Gasteiger partial charge in [0.25, 0.3) is 11.5 Å². The Kier molecular flexibility index (Phi) is 6.85. The highest BCUT2D eigenvalue weighted by atomic mass is 19.1.